The molecule has 52 heavy (non-hydrogen) atoms. The average Bonchev–Trinajstić information content (AvgIpc) is 3.49. The van der Waals surface area contributed by atoms with Gasteiger partial charge in [-0.3, -0.25) is 0 Å². The van der Waals surface area contributed by atoms with Gasteiger partial charge in [0.15, 0.2) is 0 Å². The van der Waals surface area contributed by atoms with Crippen molar-refractivity contribution < 1.29 is 41.7 Å². The molecule has 5 aromatic rings. The van der Waals surface area contributed by atoms with Crippen LogP contribution in [-0.4, -0.2) is 42.6 Å². The number of benzene rings is 2. The highest BCUT2D eigenvalue weighted by molar-refractivity contribution is 6.01. The molecule has 2 fully saturated rings. The first-order chi connectivity index (χ1) is 24.9. The lowest BCUT2D eigenvalue weighted by Crippen LogP contribution is -2.38. The Morgan fingerprint density at radius 3 is 2.02 bits per heavy atom. The van der Waals surface area contributed by atoms with E-state index in [1.165, 1.54) is 11.6 Å². The van der Waals surface area contributed by atoms with Crippen LogP contribution < -0.4 is 19.8 Å². The molecule has 3 unspecified atom stereocenters. The maximum Gasteiger partial charge on any atom is 0.350 e. The van der Waals surface area contributed by atoms with Crippen LogP contribution >= 0.6 is 0 Å². The summed E-state index contributed by atoms with van der Waals surface area (Å²) in [6.45, 7) is 13.3. The number of furan rings is 2. The second-order valence-corrected chi connectivity index (χ2v) is 15.0. The van der Waals surface area contributed by atoms with Gasteiger partial charge in [0.2, 0.25) is 0 Å². The molecule has 8 rings (SSSR count). The third-order valence-electron chi connectivity index (χ3n) is 10.3. The minimum Gasteiger partial charge on any atom is -0.488 e. The summed E-state index contributed by atoms with van der Waals surface area (Å²) in [6.07, 6.45) is 14.7. The van der Waals surface area contributed by atoms with Gasteiger partial charge in [0.05, 0.1) is 57.7 Å². The fraction of sp³-hybridized carbons (Fsp3) is 0.405. The Hall–Kier alpha value is -4.77. The van der Waals surface area contributed by atoms with Crippen molar-refractivity contribution in [3.63, 3.8) is 0 Å². The summed E-state index contributed by atoms with van der Waals surface area (Å²) >= 11 is 0. The van der Waals surface area contributed by atoms with Crippen LogP contribution in [-0.2, 0) is 14.2 Å². The van der Waals surface area contributed by atoms with Gasteiger partial charge in [0.1, 0.15) is 47.2 Å². The SMILES string of the molecule is C/C(=C\COc1c2c(cc3occc13)OC1(C=C2)OC(CC/C(C)=C/COc2c3ccoc3cc3oc(=O)ccc23)C(C)(C)O1)CCC1OC1(C)C. The van der Waals surface area contributed by atoms with Crippen LogP contribution in [0.25, 0.3) is 39.0 Å². The summed E-state index contributed by atoms with van der Waals surface area (Å²) in [5, 5.41) is 2.40. The number of hydrogen-bond acceptors (Lipinski definition) is 10. The minimum atomic E-state index is -1.38. The summed E-state index contributed by atoms with van der Waals surface area (Å²) in [4.78, 5) is 11.8. The van der Waals surface area contributed by atoms with Crippen molar-refractivity contribution in [2.45, 2.75) is 96.6 Å². The van der Waals surface area contributed by atoms with Crippen molar-refractivity contribution in [2.75, 3.05) is 13.2 Å². The van der Waals surface area contributed by atoms with Crippen molar-refractivity contribution in [1.82, 2.24) is 0 Å². The zero-order valence-corrected chi connectivity index (χ0v) is 30.4. The smallest absolute Gasteiger partial charge is 0.350 e. The first-order valence-corrected chi connectivity index (χ1v) is 17.9. The molecule has 0 bridgehead atoms. The molecule has 1 spiro atoms. The molecule has 10 heteroatoms. The van der Waals surface area contributed by atoms with Gasteiger partial charge < -0.3 is 41.7 Å². The molecule has 3 aliphatic rings. The van der Waals surface area contributed by atoms with E-state index in [1.54, 1.807) is 24.7 Å². The molecule has 0 amide bonds. The molecule has 2 aromatic carbocycles. The van der Waals surface area contributed by atoms with Gasteiger partial charge in [-0.15, -0.1) is 0 Å². The average molecular weight is 709 g/mol. The van der Waals surface area contributed by atoms with Gasteiger partial charge in [-0.1, -0.05) is 11.1 Å². The van der Waals surface area contributed by atoms with E-state index in [-0.39, 0.29) is 11.7 Å². The fourth-order valence-corrected chi connectivity index (χ4v) is 7.13. The Bertz CT molecular complexity index is 2300. The van der Waals surface area contributed by atoms with Crippen LogP contribution in [0, 0.1) is 0 Å². The molecule has 0 aliphatic carbocycles. The second-order valence-electron chi connectivity index (χ2n) is 15.0. The summed E-state index contributed by atoms with van der Waals surface area (Å²) in [5.41, 5.74) is 3.83. The van der Waals surface area contributed by atoms with Crippen molar-refractivity contribution in [2.24, 2.45) is 0 Å². The van der Waals surface area contributed by atoms with Crippen LogP contribution in [0.2, 0.25) is 0 Å². The largest absolute Gasteiger partial charge is 0.488 e. The highest BCUT2D eigenvalue weighted by Gasteiger charge is 2.54. The minimum absolute atomic E-state index is 0.00205. The molecule has 3 aromatic heterocycles. The van der Waals surface area contributed by atoms with Crippen LogP contribution in [0.1, 0.15) is 72.8 Å². The molecule has 10 nitrogen and oxygen atoms in total. The van der Waals surface area contributed by atoms with Crippen LogP contribution in [0.15, 0.2) is 96.3 Å². The van der Waals surface area contributed by atoms with E-state index < -0.39 is 17.2 Å². The van der Waals surface area contributed by atoms with Gasteiger partial charge in [-0.05, 0) is 104 Å². The predicted octanol–water partition coefficient (Wildman–Crippen LogP) is 9.63. The molecular weight excluding hydrogens is 664 g/mol. The number of fused-ring (bicyclic) bond motifs is 4. The van der Waals surface area contributed by atoms with Gasteiger partial charge in [0, 0.05) is 24.3 Å². The summed E-state index contributed by atoms with van der Waals surface area (Å²) < 4.78 is 54.7. The first kappa shape index (κ1) is 34.3. The summed E-state index contributed by atoms with van der Waals surface area (Å²) in [7, 11) is 0. The molecule has 6 heterocycles. The Labute approximate surface area is 301 Å². The quantitative estimate of drug-likeness (QED) is 0.0705. The van der Waals surface area contributed by atoms with E-state index in [0.717, 1.165) is 41.2 Å². The molecule has 3 aliphatic heterocycles. The highest BCUT2D eigenvalue weighted by atomic mass is 16.9. The maximum atomic E-state index is 11.8. The molecule has 272 valence electrons. The number of epoxide rings is 1. The van der Waals surface area contributed by atoms with Gasteiger partial charge in [0.25, 0.3) is 0 Å². The van der Waals surface area contributed by atoms with Crippen LogP contribution in [0.4, 0.5) is 0 Å². The molecule has 2 saturated heterocycles. The van der Waals surface area contributed by atoms with Crippen LogP contribution in [0.3, 0.4) is 0 Å². The fourth-order valence-electron chi connectivity index (χ4n) is 7.13. The Morgan fingerprint density at radius 2 is 1.35 bits per heavy atom. The number of rotatable bonds is 12. The van der Waals surface area contributed by atoms with E-state index in [2.05, 4.69) is 33.8 Å². The molecule has 0 saturated carbocycles. The third-order valence-corrected chi connectivity index (χ3v) is 10.3. The van der Waals surface area contributed by atoms with Gasteiger partial charge >= 0.3 is 11.6 Å². The maximum absolute atomic E-state index is 11.8. The Balaban J connectivity index is 0.918. The molecular formula is C42H44O10. The van der Waals surface area contributed by atoms with E-state index in [0.29, 0.717) is 65.1 Å². The summed E-state index contributed by atoms with van der Waals surface area (Å²) in [6, 6.07) is 10.4. The third kappa shape index (κ3) is 6.66. The Morgan fingerprint density at radius 1 is 0.750 bits per heavy atom. The molecule has 0 N–H and O–H groups in total. The first-order valence-electron chi connectivity index (χ1n) is 17.9. The van der Waals surface area contributed by atoms with E-state index in [9.17, 15) is 4.79 Å². The van der Waals surface area contributed by atoms with Crippen molar-refractivity contribution in [3.05, 3.63) is 94.3 Å². The topological polar surface area (TPSA) is 115 Å². The molecule has 0 radical (unpaired) electrons. The normalized spacial score (nSPS) is 23.4. The zero-order valence-electron chi connectivity index (χ0n) is 30.4. The lowest BCUT2D eigenvalue weighted by atomic mass is 9.96. The predicted molar refractivity (Wildman–Crippen MR) is 197 cm³/mol. The van der Waals surface area contributed by atoms with Crippen molar-refractivity contribution >= 4 is 39.0 Å². The zero-order chi connectivity index (χ0) is 36.3. The van der Waals surface area contributed by atoms with E-state index in [1.807, 2.05) is 50.3 Å². The van der Waals surface area contributed by atoms with Crippen molar-refractivity contribution in [3.8, 4) is 17.2 Å². The van der Waals surface area contributed by atoms with Gasteiger partial charge in [-0.25, -0.2) is 4.79 Å². The lowest BCUT2D eigenvalue weighted by Gasteiger charge is -2.30. The van der Waals surface area contributed by atoms with Crippen LogP contribution in [0.5, 0.6) is 17.2 Å². The summed E-state index contributed by atoms with van der Waals surface area (Å²) in [5.74, 6) is 0.495. The number of ether oxygens (including phenoxy) is 6. The standard InChI is InChI=1S/C42H44O10/c1-25(7-10-35-40(3,4)50-35)15-20-47-39-28-13-18-42(49-34(28)24-32-30(39)17-22-45-32)51-36(41(5,6)52-42)11-8-26(2)14-19-46-38-27-9-12-37(43)48-33(27)23-31-29(38)16-21-44-31/h9,12-18,21-24,35-36H,7-8,10-11,19-20H2,1-6H3/b25-15+,26-14+. The lowest BCUT2D eigenvalue weighted by molar-refractivity contribution is -0.270. The van der Waals surface area contributed by atoms with Gasteiger partial charge in [-0.2, -0.15) is 0 Å². The Kier molecular flexibility index (Phi) is 8.59. The second kappa shape index (κ2) is 13.0. The molecule has 3 atom stereocenters. The monoisotopic (exact) mass is 708 g/mol. The number of hydrogen-bond donors (Lipinski definition) is 0. The highest BCUT2D eigenvalue weighted by Crippen LogP contribution is 2.48. The van der Waals surface area contributed by atoms with Crippen molar-refractivity contribution in [1.29, 1.82) is 0 Å². The van der Waals surface area contributed by atoms with E-state index >= 15 is 0 Å². The number of allylic oxidation sites excluding steroid dienone is 2. The van der Waals surface area contributed by atoms with E-state index in [4.69, 9.17) is 41.7 Å².